The van der Waals surface area contributed by atoms with Crippen LogP contribution < -0.4 is 16.2 Å². The van der Waals surface area contributed by atoms with Gasteiger partial charge in [0.2, 0.25) is 0 Å². The van der Waals surface area contributed by atoms with Gasteiger partial charge in [-0.2, -0.15) is 5.26 Å². The lowest BCUT2D eigenvalue weighted by atomic mass is 9.86. The van der Waals surface area contributed by atoms with Gasteiger partial charge in [-0.1, -0.05) is 31.2 Å². The van der Waals surface area contributed by atoms with E-state index < -0.39 is 0 Å². The SMILES string of the molecule is CC1(C=C(C#N)C(=O)N2CCCC(n3c(=O)n(-c4ccc(Oc5ccccc5)cc4)c4c(N)ncnc43)C2)COC1. The lowest BCUT2D eigenvalue weighted by Gasteiger charge is -2.36. The Kier molecular flexibility index (Phi) is 6.77. The summed E-state index contributed by atoms with van der Waals surface area (Å²) < 4.78 is 14.3. The number of ether oxygens (including phenoxy) is 2. The van der Waals surface area contributed by atoms with Gasteiger partial charge in [0, 0.05) is 18.5 Å². The minimum absolute atomic E-state index is 0.0932. The molecule has 4 aromatic rings. The number of aromatic nitrogens is 4. The van der Waals surface area contributed by atoms with Crippen LogP contribution in [0.2, 0.25) is 0 Å². The van der Waals surface area contributed by atoms with E-state index >= 15 is 0 Å². The minimum atomic E-state index is -0.360. The van der Waals surface area contributed by atoms with Gasteiger partial charge >= 0.3 is 5.69 Å². The molecule has 4 heterocycles. The number of nitriles is 1. The van der Waals surface area contributed by atoms with Crippen molar-refractivity contribution < 1.29 is 14.3 Å². The minimum Gasteiger partial charge on any atom is -0.457 e. The molecule has 2 aliphatic heterocycles. The fourth-order valence-electron chi connectivity index (χ4n) is 5.44. The summed E-state index contributed by atoms with van der Waals surface area (Å²) in [6.45, 7) is 3.67. The second-order valence-electron chi connectivity index (χ2n) is 10.7. The highest BCUT2D eigenvalue weighted by Gasteiger charge is 2.35. The highest BCUT2D eigenvalue weighted by Crippen LogP contribution is 2.32. The largest absolute Gasteiger partial charge is 0.457 e. The fraction of sp³-hybridized carbons (Fsp3) is 0.300. The third-order valence-corrected chi connectivity index (χ3v) is 7.51. The van der Waals surface area contributed by atoms with E-state index in [0.29, 0.717) is 61.0 Å². The normalized spacial score (nSPS) is 18.5. The highest BCUT2D eigenvalue weighted by molar-refractivity contribution is 5.97. The van der Waals surface area contributed by atoms with Gasteiger partial charge in [-0.3, -0.25) is 13.9 Å². The van der Waals surface area contributed by atoms with Crippen molar-refractivity contribution in [1.29, 1.82) is 5.26 Å². The average molecular weight is 552 g/mol. The monoisotopic (exact) mass is 551 g/mol. The summed E-state index contributed by atoms with van der Waals surface area (Å²) in [5, 5.41) is 9.74. The van der Waals surface area contributed by atoms with Crippen LogP contribution in [0.4, 0.5) is 5.82 Å². The number of hydrogen-bond donors (Lipinski definition) is 1. The number of carbonyl (C=O) groups excluding carboxylic acids is 1. The molecule has 2 saturated heterocycles. The molecule has 2 fully saturated rings. The molecule has 2 aromatic heterocycles. The molecule has 0 spiro atoms. The molecule has 0 saturated carbocycles. The van der Waals surface area contributed by atoms with E-state index in [2.05, 4.69) is 16.0 Å². The van der Waals surface area contributed by atoms with Crippen molar-refractivity contribution in [3.8, 4) is 23.3 Å². The number of hydrogen-bond acceptors (Lipinski definition) is 8. The number of anilines is 1. The molecule has 11 heteroatoms. The number of nitrogen functional groups attached to an aromatic ring is 1. The Balaban J connectivity index is 1.33. The third-order valence-electron chi connectivity index (χ3n) is 7.51. The molecule has 6 rings (SSSR count). The lowest BCUT2D eigenvalue weighted by molar-refractivity contribution is -0.128. The van der Waals surface area contributed by atoms with Crippen molar-refractivity contribution in [2.45, 2.75) is 25.8 Å². The predicted molar refractivity (Wildman–Crippen MR) is 152 cm³/mol. The van der Waals surface area contributed by atoms with Crippen LogP contribution in [0.1, 0.15) is 25.8 Å². The second-order valence-corrected chi connectivity index (χ2v) is 10.7. The van der Waals surface area contributed by atoms with Crippen LogP contribution in [0.15, 0.2) is 77.4 Å². The quantitative estimate of drug-likeness (QED) is 0.283. The highest BCUT2D eigenvalue weighted by atomic mass is 16.5. The number of imidazole rings is 1. The van der Waals surface area contributed by atoms with Crippen LogP contribution in [-0.2, 0) is 9.53 Å². The predicted octanol–water partition coefficient (Wildman–Crippen LogP) is 3.61. The van der Waals surface area contributed by atoms with Crippen molar-refractivity contribution in [2.75, 3.05) is 32.0 Å². The molecular weight excluding hydrogens is 522 g/mol. The molecule has 41 heavy (non-hydrogen) atoms. The zero-order valence-electron chi connectivity index (χ0n) is 22.6. The topological polar surface area (TPSA) is 141 Å². The number of rotatable bonds is 6. The van der Waals surface area contributed by atoms with Gasteiger partial charge in [0.05, 0.1) is 24.9 Å². The Labute approximate surface area is 236 Å². The molecule has 0 radical (unpaired) electrons. The molecule has 2 aromatic carbocycles. The summed E-state index contributed by atoms with van der Waals surface area (Å²) in [6, 6.07) is 18.2. The number of para-hydroxylation sites is 1. The number of nitrogens with zero attached hydrogens (tertiary/aromatic N) is 6. The van der Waals surface area contributed by atoms with Gasteiger partial charge in [0.1, 0.15) is 35.0 Å². The van der Waals surface area contributed by atoms with E-state index in [-0.39, 0.29) is 41.0 Å². The Bertz CT molecular complexity index is 1730. The summed E-state index contributed by atoms with van der Waals surface area (Å²) >= 11 is 0. The molecular formula is C30H29N7O4. The van der Waals surface area contributed by atoms with Gasteiger partial charge in [-0.25, -0.2) is 14.8 Å². The lowest BCUT2D eigenvalue weighted by Crippen LogP contribution is -2.44. The molecule has 2 N–H and O–H groups in total. The molecule has 0 aliphatic carbocycles. The Morgan fingerprint density at radius 1 is 1.15 bits per heavy atom. The van der Waals surface area contributed by atoms with E-state index in [1.165, 1.54) is 10.9 Å². The molecule has 1 amide bonds. The van der Waals surface area contributed by atoms with Crippen LogP contribution in [0, 0.1) is 16.7 Å². The van der Waals surface area contributed by atoms with Gasteiger partial charge in [0.15, 0.2) is 11.5 Å². The maximum absolute atomic E-state index is 14.0. The van der Waals surface area contributed by atoms with E-state index in [0.717, 1.165) is 0 Å². The fourth-order valence-corrected chi connectivity index (χ4v) is 5.44. The number of likely N-dealkylation sites (tertiary alicyclic amines) is 1. The average Bonchev–Trinajstić information content (AvgIpc) is 3.28. The van der Waals surface area contributed by atoms with Crippen molar-refractivity contribution in [1.82, 2.24) is 24.0 Å². The standard InChI is InChI=1S/C30H29N7O4/c1-30(17-40-18-30)14-20(15-31)28(38)35-13-5-6-22(16-35)37-27-25(26(32)33-19-34-27)36(29(37)39)21-9-11-24(12-10-21)41-23-7-3-2-4-8-23/h2-4,7-12,14,19,22H,5-6,13,16-18H2,1H3,(H2,32,33,34). The number of amides is 1. The molecule has 1 atom stereocenters. The smallest absolute Gasteiger partial charge is 0.335 e. The van der Waals surface area contributed by atoms with Crippen LogP contribution in [0.3, 0.4) is 0 Å². The second kappa shape index (κ2) is 10.6. The maximum atomic E-state index is 14.0. The number of piperidine rings is 1. The molecule has 208 valence electrons. The number of fused-ring (bicyclic) bond motifs is 1. The van der Waals surface area contributed by atoms with Gasteiger partial charge in [-0.05, 0) is 49.2 Å². The van der Waals surface area contributed by atoms with Gasteiger partial charge in [-0.15, -0.1) is 0 Å². The first-order chi connectivity index (χ1) is 19.9. The zero-order chi connectivity index (χ0) is 28.6. The van der Waals surface area contributed by atoms with Crippen molar-refractivity contribution in [3.05, 3.63) is 83.1 Å². The van der Waals surface area contributed by atoms with E-state index in [1.807, 2.05) is 37.3 Å². The summed E-state index contributed by atoms with van der Waals surface area (Å²) in [6.07, 6.45) is 4.37. The van der Waals surface area contributed by atoms with Gasteiger partial charge < -0.3 is 20.1 Å². The maximum Gasteiger partial charge on any atom is 0.335 e. The summed E-state index contributed by atoms with van der Waals surface area (Å²) in [7, 11) is 0. The van der Waals surface area contributed by atoms with Crippen LogP contribution in [0.5, 0.6) is 11.5 Å². The molecule has 11 nitrogen and oxygen atoms in total. The third kappa shape index (κ3) is 4.94. The zero-order valence-corrected chi connectivity index (χ0v) is 22.6. The Morgan fingerprint density at radius 2 is 1.88 bits per heavy atom. The molecule has 1 unspecified atom stereocenters. The van der Waals surface area contributed by atoms with Crippen LogP contribution >= 0.6 is 0 Å². The summed E-state index contributed by atoms with van der Waals surface area (Å²) in [4.78, 5) is 37.6. The first kappa shape index (κ1) is 26.3. The Morgan fingerprint density at radius 3 is 2.56 bits per heavy atom. The molecule has 0 bridgehead atoms. The van der Waals surface area contributed by atoms with Gasteiger partial charge in [0.25, 0.3) is 5.91 Å². The molecule has 2 aliphatic rings. The van der Waals surface area contributed by atoms with Crippen molar-refractivity contribution >= 4 is 22.9 Å². The number of benzene rings is 2. The van der Waals surface area contributed by atoms with E-state index in [4.69, 9.17) is 15.2 Å². The number of carbonyl (C=O) groups is 1. The first-order valence-electron chi connectivity index (χ1n) is 13.4. The van der Waals surface area contributed by atoms with Crippen molar-refractivity contribution in [2.24, 2.45) is 5.41 Å². The van der Waals surface area contributed by atoms with Crippen molar-refractivity contribution in [3.63, 3.8) is 0 Å². The van der Waals surface area contributed by atoms with E-state index in [1.54, 1.807) is 39.8 Å². The first-order valence-corrected chi connectivity index (χ1v) is 13.4. The van der Waals surface area contributed by atoms with Crippen LogP contribution in [0.25, 0.3) is 16.9 Å². The van der Waals surface area contributed by atoms with E-state index in [9.17, 15) is 14.9 Å². The summed E-state index contributed by atoms with van der Waals surface area (Å²) in [5.41, 5.74) is 7.08. The number of nitrogens with two attached hydrogens (primary N) is 1. The van der Waals surface area contributed by atoms with Crippen LogP contribution in [-0.4, -0.2) is 56.2 Å². The Hall–Kier alpha value is -4.95. The summed E-state index contributed by atoms with van der Waals surface area (Å²) in [5.74, 6) is 1.15.